The molecule has 0 saturated carbocycles. The van der Waals surface area contributed by atoms with Crippen LogP contribution in [0.3, 0.4) is 0 Å². The second-order valence-electron chi connectivity index (χ2n) is 6.27. The third kappa shape index (κ3) is 5.56. The number of hydrogen-bond acceptors (Lipinski definition) is 5. The maximum atomic E-state index is 12.7. The number of aromatic hydroxyl groups is 1. The first kappa shape index (κ1) is 21.3. The quantitative estimate of drug-likeness (QED) is 0.303. The van der Waals surface area contributed by atoms with E-state index >= 15 is 0 Å². The Balaban J connectivity index is 1.79. The molecular formula is C22H18ClN3O3S. The van der Waals surface area contributed by atoms with Crippen LogP contribution in [0.5, 0.6) is 5.75 Å². The number of thiophene rings is 1. The lowest BCUT2D eigenvalue weighted by molar-refractivity contribution is -0.117. The number of carbonyl (C=O) groups is 2. The topological polar surface area (TPSA) is 90.8 Å². The monoisotopic (exact) mass is 439 g/mol. The van der Waals surface area contributed by atoms with Gasteiger partial charge >= 0.3 is 0 Å². The molecule has 0 aliphatic rings. The van der Waals surface area contributed by atoms with Crippen LogP contribution in [0.1, 0.15) is 26.4 Å². The molecule has 3 N–H and O–H groups in total. The van der Waals surface area contributed by atoms with Crippen molar-refractivity contribution in [3.05, 3.63) is 92.3 Å². The molecule has 2 amide bonds. The van der Waals surface area contributed by atoms with E-state index in [1.807, 2.05) is 24.4 Å². The summed E-state index contributed by atoms with van der Waals surface area (Å²) in [6, 6.07) is 15.2. The first-order valence-corrected chi connectivity index (χ1v) is 10.1. The number of carbonyl (C=O) groups excluding carboxylic acids is 2. The van der Waals surface area contributed by atoms with Crippen molar-refractivity contribution in [2.75, 3.05) is 0 Å². The molecule has 6 nitrogen and oxygen atoms in total. The molecule has 2 aromatic carbocycles. The van der Waals surface area contributed by atoms with Crippen molar-refractivity contribution in [1.29, 1.82) is 0 Å². The number of hydrogen-bond donors (Lipinski definition) is 3. The van der Waals surface area contributed by atoms with Gasteiger partial charge in [-0.05, 0) is 48.7 Å². The lowest BCUT2D eigenvalue weighted by Crippen LogP contribution is -2.33. The fraction of sp³-hybridized carbons (Fsp3) is 0.0455. The molecule has 0 bridgehead atoms. The number of benzene rings is 2. The van der Waals surface area contributed by atoms with Crippen molar-refractivity contribution in [2.24, 2.45) is 5.10 Å². The molecule has 3 aromatic rings. The van der Waals surface area contributed by atoms with E-state index in [2.05, 4.69) is 15.8 Å². The molecule has 0 unspecified atom stereocenters. The average molecular weight is 440 g/mol. The van der Waals surface area contributed by atoms with E-state index in [9.17, 15) is 14.7 Å². The Morgan fingerprint density at radius 3 is 2.67 bits per heavy atom. The van der Waals surface area contributed by atoms with Gasteiger partial charge in [-0.15, -0.1) is 11.3 Å². The van der Waals surface area contributed by atoms with E-state index in [4.69, 9.17) is 11.6 Å². The number of amides is 2. The van der Waals surface area contributed by atoms with Crippen molar-refractivity contribution < 1.29 is 14.7 Å². The van der Waals surface area contributed by atoms with Crippen LogP contribution in [0.25, 0.3) is 6.08 Å². The molecule has 0 saturated heterocycles. The maximum absolute atomic E-state index is 12.7. The molecule has 0 aliphatic carbocycles. The highest BCUT2D eigenvalue weighted by Crippen LogP contribution is 2.17. The largest absolute Gasteiger partial charge is 0.507 e. The highest BCUT2D eigenvalue weighted by atomic mass is 35.5. The van der Waals surface area contributed by atoms with Crippen LogP contribution < -0.4 is 10.7 Å². The molecular weight excluding hydrogens is 422 g/mol. The van der Waals surface area contributed by atoms with Gasteiger partial charge in [-0.3, -0.25) is 9.59 Å². The number of aryl methyl sites for hydroxylation is 1. The van der Waals surface area contributed by atoms with Gasteiger partial charge in [0, 0.05) is 10.4 Å². The first-order valence-electron chi connectivity index (χ1n) is 8.88. The standard InChI is InChI=1S/C22H18ClN3O3S/c1-14-8-9-20(27)15(11-14)13-24-26-22(29)19(12-16-5-4-10-30-16)25-21(28)17-6-2-3-7-18(17)23/h2-13,27H,1H3,(H,25,28)(H,26,29). The van der Waals surface area contributed by atoms with Gasteiger partial charge in [0.2, 0.25) is 0 Å². The number of phenolic OH excluding ortho intramolecular Hbond substituents is 1. The van der Waals surface area contributed by atoms with Crippen LogP contribution in [0, 0.1) is 6.92 Å². The molecule has 0 atom stereocenters. The summed E-state index contributed by atoms with van der Waals surface area (Å²) in [4.78, 5) is 26.0. The van der Waals surface area contributed by atoms with E-state index in [0.29, 0.717) is 5.56 Å². The van der Waals surface area contributed by atoms with Crippen molar-refractivity contribution in [1.82, 2.24) is 10.7 Å². The lowest BCUT2D eigenvalue weighted by Gasteiger charge is -2.09. The summed E-state index contributed by atoms with van der Waals surface area (Å²) >= 11 is 7.49. The Labute approximate surface area is 182 Å². The van der Waals surface area contributed by atoms with Crippen LogP contribution in [0.2, 0.25) is 5.02 Å². The van der Waals surface area contributed by atoms with Gasteiger partial charge in [0.1, 0.15) is 11.4 Å². The highest BCUT2D eigenvalue weighted by Gasteiger charge is 2.16. The molecule has 0 fully saturated rings. The number of halogens is 1. The number of rotatable bonds is 6. The van der Waals surface area contributed by atoms with Gasteiger partial charge in [-0.25, -0.2) is 5.43 Å². The van der Waals surface area contributed by atoms with Crippen molar-refractivity contribution >= 4 is 47.0 Å². The van der Waals surface area contributed by atoms with Gasteiger partial charge in [0.05, 0.1) is 16.8 Å². The molecule has 0 spiro atoms. The molecule has 30 heavy (non-hydrogen) atoms. The highest BCUT2D eigenvalue weighted by molar-refractivity contribution is 7.10. The Kier molecular flexibility index (Phi) is 7.00. The molecule has 152 valence electrons. The van der Waals surface area contributed by atoms with E-state index in [1.165, 1.54) is 17.6 Å². The van der Waals surface area contributed by atoms with Crippen LogP contribution in [-0.4, -0.2) is 23.1 Å². The van der Waals surface area contributed by atoms with Gasteiger partial charge < -0.3 is 10.4 Å². The van der Waals surface area contributed by atoms with Crippen molar-refractivity contribution in [2.45, 2.75) is 6.92 Å². The number of nitrogens with one attached hydrogen (secondary N) is 2. The first-order chi connectivity index (χ1) is 14.4. The number of hydrazone groups is 1. The zero-order chi connectivity index (χ0) is 21.5. The van der Waals surface area contributed by atoms with Crippen LogP contribution in [0.15, 0.2) is 70.8 Å². The van der Waals surface area contributed by atoms with E-state index < -0.39 is 11.8 Å². The van der Waals surface area contributed by atoms with Crippen molar-refractivity contribution in [3.8, 4) is 5.75 Å². The fourth-order valence-corrected chi connectivity index (χ4v) is 3.39. The van der Waals surface area contributed by atoms with Gasteiger partial charge in [0.25, 0.3) is 11.8 Å². The predicted octanol–water partition coefficient (Wildman–Crippen LogP) is 4.34. The minimum atomic E-state index is -0.618. The number of phenols is 1. The van der Waals surface area contributed by atoms with E-state index in [1.54, 1.807) is 48.5 Å². The Morgan fingerprint density at radius 1 is 1.13 bits per heavy atom. The summed E-state index contributed by atoms with van der Waals surface area (Å²) in [7, 11) is 0. The van der Waals surface area contributed by atoms with E-state index in [0.717, 1.165) is 10.4 Å². The molecule has 3 rings (SSSR count). The molecule has 8 heteroatoms. The Hall–Kier alpha value is -3.42. The molecule has 0 aliphatic heterocycles. The fourth-order valence-electron chi connectivity index (χ4n) is 2.51. The van der Waals surface area contributed by atoms with Gasteiger partial charge in [-0.1, -0.05) is 41.4 Å². The zero-order valence-electron chi connectivity index (χ0n) is 15.9. The van der Waals surface area contributed by atoms with Gasteiger partial charge in [-0.2, -0.15) is 5.10 Å². The summed E-state index contributed by atoms with van der Waals surface area (Å²) in [5.74, 6) is -1.09. The minimum Gasteiger partial charge on any atom is -0.507 e. The zero-order valence-corrected chi connectivity index (χ0v) is 17.5. The summed E-state index contributed by atoms with van der Waals surface area (Å²) < 4.78 is 0. The van der Waals surface area contributed by atoms with Crippen LogP contribution in [-0.2, 0) is 4.79 Å². The third-order valence-corrected chi connectivity index (χ3v) is 5.14. The molecule has 1 aromatic heterocycles. The van der Waals surface area contributed by atoms with Crippen LogP contribution >= 0.6 is 22.9 Å². The Bertz CT molecular complexity index is 1120. The molecule has 1 heterocycles. The second-order valence-corrected chi connectivity index (χ2v) is 7.66. The smallest absolute Gasteiger partial charge is 0.287 e. The predicted molar refractivity (Wildman–Crippen MR) is 120 cm³/mol. The second kappa shape index (κ2) is 9.87. The van der Waals surface area contributed by atoms with Crippen LogP contribution in [0.4, 0.5) is 0 Å². The van der Waals surface area contributed by atoms with Crippen molar-refractivity contribution in [3.63, 3.8) is 0 Å². The van der Waals surface area contributed by atoms with E-state index in [-0.39, 0.29) is 22.0 Å². The summed E-state index contributed by atoms with van der Waals surface area (Å²) in [6.07, 6.45) is 2.88. The van der Waals surface area contributed by atoms with Gasteiger partial charge in [0.15, 0.2) is 0 Å². The normalized spacial score (nSPS) is 11.5. The Morgan fingerprint density at radius 2 is 1.93 bits per heavy atom. The summed E-state index contributed by atoms with van der Waals surface area (Å²) in [5.41, 5.74) is 4.02. The maximum Gasteiger partial charge on any atom is 0.287 e. The lowest BCUT2D eigenvalue weighted by atomic mass is 10.1. The summed E-state index contributed by atoms with van der Waals surface area (Å²) in [6.45, 7) is 1.88. The third-order valence-electron chi connectivity index (χ3n) is 3.99. The minimum absolute atomic E-state index is 0.00739. The SMILES string of the molecule is Cc1ccc(O)c(C=NNC(=O)C(=Cc2cccs2)NC(=O)c2ccccc2Cl)c1. The average Bonchev–Trinajstić information content (AvgIpc) is 3.23. The molecule has 0 radical (unpaired) electrons. The number of nitrogens with zero attached hydrogens (tertiary/aromatic N) is 1. The summed E-state index contributed by atoms with van der Waals surface area (Å²) in [5, 5.41) is 18.5.